The van der Waals surface area contributed by atoms with Crippen LogP contribution in [0.1, 0.15) is 27.7 Å². The second-order valence-corrected chi connectivity index (χ2v) is 8.17. The van der Waals surface area contributed by atoms with Crippen LogP contribution in [-0.4, -0.2) is 25.5 Å². The maximum absolute atomic E-state index is 13.4. The van der Waals surface area contributed by atoms with E-state index >= 15 is 0 Å². The van der Waals surface area contributed by atoms with E-state index in [4.69, 9.17) is 28.9 Å². The van der Waals surface area contributed by atoms with Crippen LogP contribution in [-0.2, 0) is 6.42 Å². The first-order valence-corrected chi connectivity index (χ1v) is 10.5. The van der Waals surface area contributed by atoms with Crippen molar-refractivity contribution in [3.05, 3.63) is 79.4 Å². The standard InChI is InChI=1S/C21H22Cl2FN3OS/c1-3-4-8-17(22)19(26-2)16-11-18(29-20(16)23)21(28)27-15(12-25)10-13-6-5-7-14(24)9-13/h3,5-9,11,15,26H,10,12,25H2,1-2H3,(H,27,28)/b19-17+/t4?,15-/m0/s1. The van der Waals surface area contributed by atoms with Crippen molar-refractivity contribution in [2.45, 2.75) is 19.4 Å². The van der Waals surface area contributed by atoms with E-state index in [1.165, 1.54) is 12.1 Å². The molecule has 1 atom stereocenters. The van der Waals surface area contributed by atoms with Gasteiger partial charge in [0.1, 0.15) is 10.2 Å². The van der Waals surface area contributed by atoms with Crippen molar-refractivity contribution >= 4 is 46.1 Å². The average Bonchev–Trinajstić information content (AvgIpc) is 3.08. The zero-order valence-electron chi connectivity index (χ0n) is 16.1. The molecule has 1 aromatic carbocycles. The minimum Gasteiger partial charge on any atom is -0.386 e. The fourth-order valence-electron chi connectivity index (χ4n) is 2.66. The summed E-state index contributed by atoms with van der Waals surface area (Å²) in [5.41, 5.74) is 10.7. The third kappa shape index (κ3) is 6.46. The van der Waals surface area contributed by atoms with E-state index in [0.717, 1.165) is 16.9 Å². The van der Waals surface area contributed by atoms with E-state index in [1.807, 2.05) is 6.92 Å². The Balaban J connectivity index is 2.21. The van der Waals surface area contributed by atoms with E-state index in [0.29, 0.717) is 31.9 Å². The highest BCUT2D eigenvalue weighted by Gasteiger charge is 2.20. The molecular formula is C21H22Cl2FN3OS. The Bertz CT molecular complexity index is 965. The van der Waals surface area contributed by atoms with E-state index in [1.54, 1.807) is 37.4 Å². The Morgan fingerprint density at radius 3 is 2.79 bits per heavy atom. The van der Waals surface area contributed by atoms with Crippen LogP contribution >= 0.6 is 34.5 Å². The number of carbonyl (C=O) groups excluding carboxylic acids is 1. The van der Waals surface area contributed by atoms with Gasteiger partial charge in [-0.2, -0.15) is 0 Å². The average molecular weight is 454 g/mol. The molecule has 0 unspecified atom stereocenters. The molecule has 1 aromatic heterocycles. The zero-order valence-corrected chi connectivity index (χ0v) is 18.4. The van der Waals surface area contributed by atoms with Gasteiger partial charge in [-0.15, -0.1) is 17.1 Å². The second-order valence-electron chi connectivity index (χ2n) is 6.11. The van der Waals surface area contributed by atoms with Crippen molar-refractivity contribution in [1.82, 2.24) is 10.6 Å². The quantitative estimate of drug-likeness (QED) is 0.400. The molecule has 0 saturated carbocycles. The largest absolute Gasteiger partial charge is 0.386 e. The number of hydrogen-bond acceptors (Lipinski definition) is 4. The fourth-order valence-corrected chi connectivity index (χ4v) is 4.11. The fraction of sp³-hybridized carbons (Fsp3) is 0.238. The highest BCUT2D eigenvalue weighted by Crippen LogP contribution is 2.34. The molecule has 0 aliphatic heterocycles. The number of carbonyl (C=O) groups is 1. The Morgan fingerprint density at radius 2 is 2.17 bits per heavy atom. The molecule has 0 fully saturated rings. The summed E-state index contributed by atoms with van der Waals surface area (Å²) in [6.45, 7) is 2.05. The van der Waals surface area contributed by atoms with Gasteiger partial charge in [0.15, 0.2) is 0 Å². The third-order valence-corrected chi connectivity index (χ3v) is 5.69. The lowest BCUT2D eigenvalue weighted by Crippen LogP contribution is -2.41. The van der Waals surface area contributed by atoms with Crippen LogP contribution in [0.3, 0.4) is 0 Å². The van der Waals surface area contributed by atoms with Crippen molar-refractivity contribution in [2.75, 3.05) is 13.6 Å². The summed E-state index contributed by atoms with van der Waals surface area (Å²) < 4.78 is 13.8. The van der Waals surface area contributed by atoms with Crippen LogP contribution in [0.15, 0.2) is 53.2 Å². The molecule has 8 heteroatoms. The summed E-state index contributed by atoms with van der Waals surface area (Å²) in [6, 6.07) is 7.56. The molecule has 0 bridgehead atoms. The minimum absolute atomic E-state index is 0.218. The Kier molecular flexibility index (Phi) is 8.96. The van der Waals surface area contributed by atoms with Gasteiger partial charge in [-0.1, -0.05) is 35.3 Å². The lowest BCUT2D eigenvalue weighted by molar-refractivity contribution is 0.0942. The molecule has 2 aromatic rings. The number of rotatable bonds is 8. The SMILES string of the molecule is CC=C=C/C(Cl)=C(\NC)c1cc(C(=O)N[C@H](CN)Cc2cccc(F)c2)sc1Cl. The zero-order chi connectivity index (χ0) is 21.4. The monoisotopic (exact) mass is 453 g/mol. The van der Waals surface area contributed by atoms with Gasteiger partial charge in [0.2, 0.25) is 0 Å². The molecule has 1 amide bonds. The predicted octanol–water partition coefficient (Wildman–Crippen LogP) is 4.70. The molecule has 4 nitrogen and oxygen atoms in total. The van der Waals surface area contributed by atoms with Crippen molar-refractivity contribution in [3.8, 4) is 0 Å². The summed E-state index contributed by atoms with van der Waals surface area (Å²) in [6.07, 6.45) is 3.77. The molecule has 154 valence electrons. The summed E-state index contributed by atoms with van der Waals surface area (Å²) >= 11 is 13.8. The lowest BCUT2D eigenvalue weighted by Gasteiger charge is -2.16. The van der Waals surface area contributed by atoms with Crippen LogP contribution in [0, 0.1) is 5.82 Å². The highest BCUT2D eigenvalue weighted by atomic mass is 35.5. The predicted molar refractivity (Wildman–Crippen MR) is 120 cm³/mol. The number of halogens is 3. The van der Waals surface area contributed by atoms with Crippen molar-refractivity contribution in [2.24, 2.45) is 5.73 Å². The molecule has 0 saturated heterocycles. The van der Waals surface area contributed by atoms with Crippen LogP contribution in [0.25, 0.3) is 5.70 Å². The van der Waals surface area contributed by atoms with E-state index in [-0.39, 0.29) is 24.3 Å². The van der Waals surface area contributed by atoms with Gasteiger partial charge in [0.25, 0.3) is 5.91 Å². The number of benzene rings is 1. The first kappa shape index (κ1) is 23.2. The van der Waals surface area contributed by atoms with Crippen LogP contribution in [0.5, 0.6) is 0 Å². The number of nitrogens with two attached hydrogens (primary N) is 1. The van der Waals surface area contributed by atoms with E-state index in [2.05, 4.69) is 16.4 Å². The number of amides is 1. The summed E-state index contributed by atoms with van der Waals surface area (Å²) in [5.74, 6) is -0.625. The van der Waals surface area contributed by atoms with Crippen molar-refractivity contribution in [3.63, 3.8) is 0 Å². The smallest absolute Gasteiger partial charge is 0.261 e. The van der Waals surface area contributed by atoms with Crippen LogP contribution < -0.4 is 16.4 Å². The highest BCUT2D eigenvalue weighted by molar-refractivity contribution is 7.18. The maximum atomic E-state index is 13.4. The van der Waals surface area contributed by atoms with Crippen LogP contribution in [0.2, 0.25) is 4.34 Å². The van der Waals surface area contributed by atoms with Crippen molar-refractivity contribution in [1.29, 1.82) is 0 Å². The Morgan fingerprint density at radius 1 is 1.41 bits per heavy atom. The number of allylic oxidation sites excluding steroid dienone is 2. The molecule has 2 rings (SSSR count). The maximum Gasteiger partial charge on any atom is 0.261 e. The second kappa shape index (κ2) is 11.2. The van der Waals surface area contributed by atoms with Gasteiger partial charge < -0.3 is 16.4 Å². The first-order chi connectivity index (χ1) is 13.9. The third-order valence-electron chi connectivity index (χ3n) is 4.04. The molecule has 1 heterocycles. The lowest BCUT2D eigenvalue weighted by atomic mass is 10.1. The van der Waals surface area contributed by atoms with Gasteiger partial charge in [-0.3, -0.25) is 4.79 Å². The van der Waals surface area contributed by atoms with Gasteiger partial charge in [0.05, 0.1) is 15.6 Å². The van der Waals surface area contributed by atoms with Gasteiger partial charge in [0, 0.05) is 31.3 Å². The molecule has 0 radical (unpaired) electrons. The minimum atomic E-state index is -0.339. The summed E-state index contributed by atoms with van der Waals surface area (Å²) in [5, 5.41) is 6.31. The van der Waals surface area contributed by atoms with Crippen LogP contribution in [0.4, 0.5) is 4.39 Å². The topological polar surface area (TPSA) is 67.2 Å². The molecule has 0 aliphatic rings. The molecule has 0 spiro atoms. The van der Waals surface area contributed by atoms with Gasteiger partial charge in [-0.05, 0) is 43.2 Å². The molecule has 0 aliphatic carbocycles. The van der Waals surface area contributed by atoms with Crippen molar-refractivity contribution < 1.29 is 9.18 Å². The van der Waals surface area contributed by atoms with E-state index < -0.39 is 0 Å². The Labute approximate surface area is 183 Å². The van der Waals surface area contributed by atoms with E-state index in [9.17, 15) is 9.18 Å². The number of hydrogen-bond donors (Lipinski definition) is 3. The summed E-state index contributed by atoms with van der Waals surface area (Å²) in [7, 11) is 1.72. The Hall–Kier alpha value is -2.08. The first-order valence-electron chi connectivity index (χ1n) is 8.89. The number of nitrogens with one attached hydrogen (secondary N) is 2. The molecule has 4 N–H and O–H groups in total. The molecular weight excluding hydrogens is 432 g/mol. The molecule has 29 heavy (non-hydrogen) atoms. The van der Waals surface area contributed by atoms with Gasteiger partial charge >= 0.3 is 0 Å². The normalized spacial score (nSPS) is 12.5. The number of thiophene rings is 1. The van der Waals surface area contributed by atoms with Gasteiger partial charge in [-0.25, -0.2) is 4.39 Å². The summed E-state index contributed by atoms with van der Waals surface area (Å²) in [4.78, 5) is 13.1.